The van der Waals surface area contributed by atoms with Gasteiger partial charge in [-0.1, -0.05) is 0 Å². The van der Waals surface area contributed by atoms with Crippen LogP contribution in [0, 0.1) is 0 Å². The third-order valence-corrected chi connectivity index (χ3v) is 4.87. The van der Waals surface area contributed by atoms with Crippen molar-refractivity contribution in [2.75, 3.05) is 24.5 Å². The van der Waals surface area contributed by atoms with Gasteiger partial charge in [0.1, 0.15) is 12.2 Å². The van der Waals surface area contributed by atoms with Gasteiger partial charge < -0.3 is 14.8 Å². The second kappa shape index (κ2) is 6.78. The Balaban J connectivity index is 1.47. The molecule has 4 rings (SSSR count). The van der Waals surface area contributed by atoms with E-state index in [-0.39, 0.29) is 5.91 Å². The zero-order chi connectivity index (χ0) is 17.2. The number of amides is 1. The second-order valence-corrected chi connectivity index (χ2v) is 6.75. The van der Waals surface area contributed by atoms with Gasteiger partial charge in [0.2, 0.25) is 0 Å². The third-order valence-electron chi connectivity index (χ3n) is 4.87. The molecule has 0 aromatic carbocycles. The number of hydrogen-bond acceptors (Lipinski definition) is 6. The van der Waals surface area contributed by atoms with Crippen LogP contribution in [0.2, 0.25) is 0 Å². The van der Waals surface area contributed by atoms with Gasteiger partial charge in [0.15, 0.2) is 11.5 Å². The summed E-state index contributed by atoms with van der Waals surface area (Å²) in [5.74, 6) is 2.09. The van der Waals surface area contributed by atoms with Gasteiger partial charge in [-0.3, -0.25) is 4.79 Å². The van der Waals surface area contributed by atoms with Crippen LogP contribution in [0.15, 0.2) is 18.5 Å². The molecule has 2 aliphatic rings. The van der Waals surface area contributed by atoms with Crippen molar-refractivity contribution in [3.8, 4) is 0 Å². The minimum Gasteiger partial charge on any atom is -0.354 e. The maximum absolute atomic E-state index is 11.8. The quantitative estimate of drug-likeness (QED) is 0.887. The zero-order valence-electron chi connectivity index (χ0n) is 14.4. The first-order valence-corrected chi connectivity index (χ1v) is 9.02. The minimum absolute atomic E-state index is 0.185. The Hall–Kier alpha value is -2.51. The van der Waals surface area contributed by atoms with Crippen molar-refractivity contribution < 1.29 is 4.79 Å². The summed E-state index contributed by atoms with van der Waals surface area (Å²) in [6, 6.07) is 4.21. The predicted octanol–water partition coefficient (Wildman–Crippen LogP) is 1.54. The summed E-state index contributed by atoms with van der Waals surface area (Å²) in [5, 5.41) is 19.6. The van der Waals surface area contributed by atoms with Crippen LogP contribution in [0.5, 0.6) is 0 Å². The zero-order valence-corrected chi connectivity index (χ0v) is 14.4. The fourth-order valence-corrected chi connectivity index (χ4v) is 3.44. The lowest BCUT2D eigenvalue weighted by Crippen LogP contribution is -2.36. The van der Waals surface area contributed by atoms with Crippen molar-refractivity contribution >= 4 is 11.7 Å². The summed E-state index contributed by atoms with van der Waals surface area (Å²) in [4.78, 5) is 14.0. The summed E-state index contributed by atoms with van der Waals surface area (Å²) in [6.45, 7) is 4.27. The fourth-order valence-electron chi connectivity index (χ4n) is 3.44. The molecular formula is C17H23N7O. The van der Waals surface area contributed by atoms with E-state index in [9.17, 15) is 4.79 Å². The first-order chi connectivity index (χ1) is 12.3. The molecule has 2 aromatic rings. The molecule has 1 saturated carbocycles. The predicted molar refractivity (Wildman–Crippen MR) is 92.5 cm³/mol. The van der Waals surface area contributed by atoms with Crippen LogP contribution in [0.1, 0.15) is 60.9 Å². The van der Waals surface area contributed by atoms with Gasteiger partial charge in [0.25, 0.3) is 5.91 Å². The van der Waals surface area contributed by atoms with E-state index in [1.54, 1.807) is 6.07 Å². The Morgan fingerprint density at radius 3 is 2.84 bits per heavy atom. The van der Waals surface area contributed by atoms with Crippen LogP contribution in [0.25, 0.3) is 0 Å². The van der Waals surface area contributed by atoms with Gasteiger partial charge in [-0.2, -0.15) is 0 Å². The molecule has 2 aromatic heterocycles. The number of hydrogen-bond donors (Lipinski definition) is 1. The number of piperidine rings is 1. The number of rotatable bonds is 5. The van der Waals surface area contributed by atoms with Gasteiger partial charge in [-0.05, 0) is 44.7 Å². The molecule has 1 aliphatic heterocycles. The van der Waals surface area contributed by atoms with Crippen LogP contribution >= 0.6 is 0 Å². The molecule has 2 fully saturated rings. The van der Waals surface area contributed by atoms with Crippen LogP contribution in [-0.2, 0) is 0 Å². The van der Waals surface area contributed by atoms with Gasteiger partial charge in [-0.15, -0.1) is 20.4 Å². The maximum atomic E-state index is 11.8. The molecule has 132 valence electrons. The Bertz CT molecular complexity index is 738. The van der Waals surface area contributed by atoms with Crippen molar-refractivity contribution in [2.24, 2.45) is 0 Å². The number of aromatic nitrogens is 5. The van der Waals surface area contributed by atoms with E-state index >= 15 is 0 Å². The SMILES string of the molecule is CCNC(=O)c1ccc(N2CCC[C@H](c3nncn3C3CC3)C2)nn1. The standard InChI is InChI=1S/C17H23N7O/c1-2-18-17(25)14-7-8-15(21-20-14)23-9-3-4-12(10-23)16-22-19-11-24(16)13-5-6-13/h7-8,11-13H,2-6,9-10H2,1H3,(H,18,25)/t12-/m0/s1. The van der Waals surface area contributed by atoms with E-state index in [1.807, 2.05) is 19.3 Å². The fraction of sp³-hybridized carbons (Fsp3) is 0.588. The van der Waals surface area contributed by atoms with Crippen molar-refractivity contribution in [1.82, 2.24) is 30.3 Å². The van der Waals surface area contributed by atoms with E-state index in [2.05, 4.69) is 35.2 Å². The van der Waals surface area contributed by atoms with Crippen molar-refractivity contribution in [3.63, 3.8) is 0 Å². The lowest BCUT2D eigenvalue weighted by atomic mass is 9.97. The Morgan fingerprint density at radius 1 is 1.24 bits per heavy atom. The Morgan fingerprint density at radius 2 is 2.12 bits per heavy atom. The molecule has 1 amide bonds. The molecule has 0 bridgehead atoms. The van der Waals surface area contributed by atoms with Crippen molar-refractivity contribution in [2.45, 2.75) is 44.6 Å². The molecule has 0 unspecified atom stereocenters. The molecule has 25 heavy (non-hydrogen) atoms. The highest BCUT2D eigenvalue weighted by atomic mass is 16.1. The van der Waals surface area contributed by atoms with Crippen LogP contribution < -0.4 is 10.2 Å². The largest absolute Gasteiger partial charge is 0.354 e. The van der Waals surface area contributed by atoms with E-state index in [1.165, 1.54) is 12.8 Å². The summed E-state index contributed by atoms with van der Waals surface area (Å²) in [6.07, 6.45) is 6.53. The molecular weight excluding hydrogens is 318 g/mol. The molecule has 1 N–H and O–H groups in total. The van der Waals surface area contributed by atoms with E-state index < -0.39 is 0 Å². The lowest BCUT2D eigenvalue weighted by Gasteiger charge is -2.32. The molecule has 1 saturated heterocycles. The molecule has 0 spiro atoms. The highest BCUT2D eigenvalue weighted by Crippen LogP contribution is 2.38. The Kier molecular flexibility index (Phi) is 4.33. The summed E-state index contributed by atoms with van der Waals surface area (Å²) in [7, 11) is 0. The number of nitrogens with zero attached hydrogens (tertiary/aromatic N) is 6. The maximum Gasteiger partial charge on any atom is 0.271 e. The summed E-state index contributed by atoms with van der Waals surface area (Å²) in [5.41, 5.74) is 0.354. The smallest absolute Gasteiger partial charge is 0.271 e. The topological polar surface area (TPSA) is 88.8 Å². The summed E-state index contributed by atoms with van der Waals surface area (Å²) < 4.78 is 2.25. The molecule has 8 heteroatoms. The normalized spacial score (nSPS) is 20.5. The first-order valence-electron chi connectivity index (χ1n) is 9.02. The average molecular weight is 341 g/mol. The van der Waals surface area contributed by atoms with Gasteiger partial charge in [0, 0.05) is 31.6 Å². The number of carbonyl (C=O) groups is 1. The lowest BCUT2D eigenvalue weighted by molar-refractivity contribution is 0.0950. The van der Waals surface area contributed by atoms with Crippen LogP contribution in [0.4, 0.5) is 5.82 Å². The molecule has 0 radical (unpaired) electrons. The van der Waals surface area contributed by atoms with Crippen molar-refractivity contribution in [1.29, 1.82) is 0 Å². The molecule has 1 aliphatic carbocycles. The van der Waals surface area contributed by atoms with Gasteiger partial charge >= 0.3 is 0 Å². The van der Waals surface area contributed by atoms with E-state index in [0.29, 0.717) is 24.2 Å². The molecule has 3 heterocycles. The average Bonchev–Trinajstić information content (AvgIpc) is 3.38. The van der Waals surface area contributed by atoms with Crippen LogP contribution in [0.3, 0.4) is 0 Å². The number of carbonyl (C=O) groups excluding carboxylic acids is 1. The minimum atomic E-state index is -0.185. The monoisotopic (exact) mass is 341 g/mol. The van der Waals surface area contributed by atoms with Gasteiger partial charge in [-0.25, -0.2) is 0 Å². The van der Waals surface area contributed by atoms with Crippen LogP contribution in [-0.4, -0.2) is 50.5 Å². The van der Waals surface area contributed by atoms with Gasteiger partial charge in [0.05, 0.1) is 0 Å². The van der Waals surface area contributed by atoms with E-state index in [0.717, 1.165) is 37.6 Å². The van der Waals surface area contributed by atoms with E-state index in [4.69, 9.17) is 0 Å². The first kappa shape index (κ1) is 16.0. The Labute approximate surface area is 146 Å². The number of anilines is 1. The van der Waals surface area contributed by atoms with Crippen molar-refractivity contribution in [3.05, 3.63) is 30.0 Å². The number of nitrogens with one attached hydrogen (secondary N) is 1. The third kappa shape index (κ3) is 3.33. The summed E-state index contributed by atoms with van der Waals surface area (Å²) >= 11 is 0. The molecule has 1 atom stereocenters. The molecule has 8 nitrogen and oxygen atoms in total. The second-order valence-electron chi connectivity index (χ2n) is 6.75. The highest BCUT2D eigenvalue weighted by molar-refractivity contribution is 5.92. The highest BCUT2D eigenvalue weighted by Gasteiger charge is 2.31.